The molecule has 0 unspecified atom stereocenters. The van der Waals surface area contributed by atoms with Crippen LogP contribution in [0.15, 0.2) is 30.5 Å². The van der Waals surface area contributed by atoms with Crippen molar-refractivity contribution in [2.45, 2.75) is 6.92 Å². The third-order valence-corrected chi connectivity index (χ3v) is 2.46. The number of hydrogen-bond acceptors (Lipinski definition) is 4. The first-order valence-corrected chi connectivity index (χ1v) is 5.43. The molecule has 2 rings (SSSR count). The van der Waals surface area contributed by atoms with Gasteiger partial charge in [-0.1, -0.05) is 0 Å². The zero-order chi connectivity index (χ0) is 13.8. The van der Waals surface area contributed by atoms with Crippen molar-refractivity contribution in [3.8, 4) is 17.7 Å². The Morgan fingerprint density at radius 3 is 2.79 bits per heavy atom. The van der Waals surface area contributed by atoms with E-state index < -0.39 is 5.82 Å². The van der Waals surface area contributed by atoms with Crippen molar-refractivity contribution in [3.05, 3.63) is 53.0 Å². The van der Waals surface area contributed by atoms with Gasteiger partial charge >= 0.3 is 0 Å². The molecule has 1 heterocycles. The Balaban J connectivity index is 2.31. The summed E-state index contributed by atoms with van der Waals surface area (Å²) in [5, 5.41) is 8.64. The van der Waals surface area contributed by atoms with E-state index in [1.807, 2.05) is 6.07 Å². The molecule has 0 N–H and O–H groups in total. The molecule has 0 amide bonds. The zero-order valence-corrected chi connectivity index (χ0v) is 10.1. The van der Waals surface area contributed by atoms with Gasteiger partial charge in [-0.2, -0.15) is 5.26 Å². The molecule has 0 saturated carbocycles. The maximum absolute atomic E-state index is 13.6. The van der Waals surface area contributed by atoms with Crippen LogP contribution >= 0.6 is 0 Å². The summed E-state index contributed by atoms with van der Waals surface area (Å²) in [7, 11) is 0. The Bertz CT molecular complexity index is 678. The first-order valence-electron chi connectivity index (χ1n) is 5.43. The molecule has 1 aromatic heterocycles. The van der Waals surface area contributed by atoms with Crippen LogP contribution in [0.2, 0.25) is 0 Å². The van der Waals surface area contributed by atoms with E-state index in [2.05, 4.69) is 4.98 Å². The van der Waals surface area contributed by atoms with Crippen LogP contribution in [0.5, 0.6) is 11.6 Å². The number of nitriles is 1. The van der Waals surface area contributed by atoms with E-state index in [4.69, 9.17) is 10.00 Å². The first-order chi connectivity index (χ1) is 9.13. The molecule has 0 saturated heterocycles. The number of hydrogen-bond donors (Lipinski definition) is 0. The summed E-state index contributed by atoms with van der Waals surface area (Å²) >= 11 is 0. The lowest BCUT2D eigenvalue weighted by atomic mass is 10.2. The molecule has 0 bridgehead atoms. The van der Waals surface area contributed by atoms with Gasteiger partial charge in [0.2, 0.25) is 5.88 Å². The molecule has 2 aromatic rings. The number of nitrogens with zero attached hydrogens (tertiary/aromatic N) is 2. The molecular weight excluding hydrogens is 247 g/mol. The van der Waals surface area contributed by atoms with Gasteiger partial charge in [-0.15, -0.1) is 0 Å². The second kappa shape index (κ2) is 5.27. The number of aromatic nitrogens is 1. The summed E-state index contributed by atoms with van der Waals surface area (Å²) in [6.45, 7) is 1.71. The predicted molar refractivity (Wildman–Crippen MR) is 65.6 cm³/mol. The van der Waals surface area contributed by atoms with Gasteiger partial charge in [0.15, 0.2) is 17.9 Å². The lowest BCUT2D eigenvalue weighted by Crippen LogP contribution is -1.95. The number of aldehydes is 1. The fourth-order valence-electron chi connectivity index (χ4n) is 1.51. The SMILES string of the molecule is Cc1cc(C=O)cnc1Oc1ccc(C#N)cc1F. The number of aryl methyl sites for hydroxylation is 1. The molecule has 0 spiro atoms. The number of halogens is 1. The minimum Gasteiger partial charge on any atom is -0.436 e. The van der Waals surface area contributed by atoms with E-state index in [1.165, 1.54) is 18.3 Å². The molecule has 0 aliphatic carbocycles. The van der Waals surface area contributed by atoms with Gasteiger partial charge in [0.1, 0.15) is 0 Å². The molecule has 0 radical (unpaired) electrons. The minimum absolute atomic E-state index is 0.0200. The minimum atomic E-state index is -0.639. The molecule has 0 aliphatic heterocycles. The highest BCUT2D eigenvalue weighted by molar-refractivity contribution is 5.74. The van der Waals surface area contributed by atoms with E-state index in [-0.39, 0.29) is 17.2 Å². The molecule has 0 atom stereocenters. The number of ether oxygens (including phenoxy) is 1. The number of pyridine rings is 1. The first kappa shape index (κ1) is 12.7. The van der Waals surface area contributed by atoms with Crippen molar-refractivity contribution in [3.63, 3.8) is 0 Å². The molecule has 94 valence electrons. The smallest absolute Gasteiger partial charge is 0.222 e. The Kier molecular flexibility index (Phi) is 3.53. The average Bonchev–Trinajstić information content (AvgIpc) is 2.42. The lowest BCUT2D eigenvalue weighted by Gasteiger charge is -2.08. The highest BCUT2D eigenvalue weighted by Gasteiger charge is 2.09. The second-order valence-corrected chi connectivity index (χ2v) is 3.87. The van der Waals surface area contributed by atoms with Crippen molar-refractivity contribution in [2.75, 3.05) is 0 Å². The highest BCUT2D eigenvalue weighted by Crippen LogP contribution is 2.26. The van der Waals surface area contributed by atoms with Crippen LogP contribution in [0.1, 0.15) is 21.5 Å². The van der Waals surface area contributed by atoms with Gasteiger partial charge in [0.05, 0.1) is 11.6 Å². The van der Waals surface area contributed by atoms with Gasteiger partial charge < -0.3 is 4.74 Å². The highest BCUT2D eigenvalue weighted by atomic mass is 19.1. The number of rotatable bonds is 3. The largest absolute Gasteiger partial charge is 0.436 e. The molecule has 4 nitrogen and oxygen atoms in total. The maximum atomic E-state index is 13.6. The number of carbonyl (C=O) groups is 1. The van der Waals surface area contributed by atoms with Crippen molar-refractivity contribution < 1.29 is 13.9 Å². The molecule has 5 heteroatoms. The van der Waals surface area contributed by atoms with E-state index >= 15 is 0 Å². The summed E-state index contributed by atoms with van der Waals surface area (Å²) in [5.41, 5.74) is 1.25. The van der Waals surface area contributed by atoms with Crippen LogP contribution in [0.3, 0.4) is 0 Å². The summed E-state index contributed by atoms with van der Waals surface area (Å²) in [6, 6.07) is 7.33. The Morgan fingerprint density at radius 1 is 1.42 bits per heavy atom. The number of benzene rings is 1. The van der Waals surface area contributed by atoms with Crippen molar-refractivity contribution in [1.82, 2.24) is 4.98 Å². The third-order valence-electron chi connectivity index (χ3n) is 2.46. The van der Waals surface area contributed by atoms with Gasteiger partial charge in [0.25, 0.3) is 0 Å². The van der Waals surface area contributed by atoms with E-state index in [1.54, 1.807) is 13.0 Å². The normalized spacial score (nSPS) is 9.74. The van der Waals surface area contributed by atoms with Gasteiger partial charge in [0, 0.05) is 17.3 Å². The van der Waals surface area contributed by atoms with Crippen LogP contribution < -0.4 is 4.74 Å². The zero-order valence-electron chi connectivity index (χ0n) is 10.1. The second-order valence-electron chi connectivity index (χ2n) is 3.87. The van der Waals surface area contributed by atoms with Crippen molar-refractivity contribution >= 4 is 6.29 Å². The Hall–Kier alpha value is -2.74. The van der Waals surface area contributed by atoms with Crippen molar-refractivity contribution in [2.24, 2.45) is 0 Å². The van der Waals surface area contributed by atoms with Crippen LogP contribution in [0.25, 0.3) is 0 Å². The standard InChI is InChI=1S/C14H9FN2O2/c1-9-4-11(8-18)7-17-14(9)19-13-3-2-10(6-16)5-12(13)15/h2-5,7-8H,1H3. The van der Waals surface area contributed by atoms with Crippen LogP contribution in [0, 0.1) is 24.1 Å². The summed E-state index contributed by atoms with van der Waals surface area (Å²) in [5.74, 6) is -0.442. The van der Waals surface area contributed by atoms with Gasteiger partial charge in [-0.05, 0) is 31.2 Å². The van der Waals surface area contributed by atoms with E-state index in [0.717, 1.165) is 6.07 Å². The number of carbonyl (C=O) groups excluding carboxylic acids is 1. The Labute approximate surface area is 109 Å². The van der Waals surface area contributed by atoms with Gasteiger partial charge in [-0.3, -0.25) is 4.79 Å². The van der Waals surface area contributed by atoms with E-state index in [0.29, 0.717) is 17.4 Å². The third kappa shape index (κ3) is 2.75. The van der Waals surface area contributed by atoms with E-state index in [9.17, 15) is 9.18 Å². The summed E-state index contributed by atoms with van der Waals surface area (Å²) in [6.07, 6.45) is 2.02. The van der Waals surface area contributed by atoms with Crippen LogP contribution in [0.4, 0.5) is 4.39 Å². The molecular formula is C14H9FN2O2. The molecule has 0 aliphatic rings. The lowest BCUT2D eigenvalue weighted by molar-refractivity contribution is 0.112. The monoisotopic (exact) mass is 256 g/mol. The fraction of sp³-hybridized carbons (Fsp3) is 0.0714. The van der Waals surface area contributed by atoms with Crippen LogP contribution in [-0.2, 0) is 0 Å². The maximum Gasteiger partial charge on any atom is 0.222 e. The molecule has 0 fully saturated rings. The summed E-state index contributed by atoms with van der Waals surface area (Å²) in [4.78, 5) is 14.5. The average molecular weight is 256 g/mol. The molecule has 19 heavy (non-hydrogen) atoms. The van der Waals surface area contributed by atoms with Gasteiger partial charge in [-0.25, -0.2) is 9.37 Å². The Morgan fingerprint density at radius 2 is 2.21 bits per heavy atom. The molecule has 1 aromatic carbocycles. The predicted octanol–water partition coefficient (Wildman–Crippen LogP) is 3.01. The van der Waals surface area contributed by atoms with Crippen molar-refractivity contribution in [1.29, 1.82) is 5.26 Å². The topological polar surface area (TPSA) is 63.0 Å². The fourth-order valence-corrected chi connectivity index (χ4v) is 1.51. The quantitative estimate of drug-likeness (QED) is 0.792. The van der Waals surface area contributed by atoms with Crippen LogP contribution in [-0.4, -0.2) is 11.3 Å². The summed E-state index contributed by atoms with van der Waals surface area (Å²) < 4.78 is 19.0.